The predicted octanol–water partition coefficient (Wildman–Crippen LogP) is 5.24. The Morgan fingerprint density at radius 2 is 1.90 bits per heavy atom. The number of nitrogens with one attached hydrogen (secondary N) is 1. The smallest absolute Gasteiger partial charge is 0.0232 e. The van der Waals surface area contributed by atoms with Crippen molar-refractivity contribution in [1.82, 2.24) is 5.32 Å². The molecular weight excluding hydrogens is 330 g/mol. The lowest BCUT2D eigenvalue weighted by Gasteiger charge is -2.11. The van der Waals surface area contributed by atoms with E-state index in [0.29, 0.717) is 0 Å². The minimum absolute atomic E-state index is 0.935. The highest BCUT2D eigenvalue weighted by Crippen LogP contribution is 2.28. The Hall–Kier alpha value is -0.770. The summed E-state index contributed by atoms with van der Waals surface area (Å²) in [5.74, 6) is 1.02. The van der Waals surface area contributed by atoms with E-state index in [0.717, 1.165) is 23.3 Å². The molecule has 1 N–H and O–H groups in total. The zero-order valence-electron chi connectivity index (χ0n) is 11.7. The van der Waals surface area contributed by atoms with Gasteiger partial charge in [-0.1, -0.05) is 53.2 Å². The Balaban J connectivity index is 2.02. The van der Waals surface area contributed by atoms with E-state index in [1.807, 2.05) is 11.8 Å². The first kappa shape index (κ1) is 15.6. The van der Waals surface area contributed by atoms with Crippen LogP contribution in [0.3, 0.4) is 0 Å². The van der Waals surface area contributed by atoms with Crippen LogP contribution in [0.1, 0.15) is 24.5 Å². The Kier molecular flexibility index (Phi) is 6.64. The molecule has 0 radical (unpaired) electrons. The molecule has 1 nitrogen and oxygen atoms in total. The van der Waals surface area contributed by atoms with Gasteiger partial charge in [-0.25, -0.2) is 0 Å². The molecule has 0 saturated heterocycles. The van der Waals surface area contributed by atoms with Crippen LogP contribution < -0.4 is 5.32 Å². The number of hydrogen-bond donors (Lipinski definition) is 1. The molecule has 0 bridgehead atoms. The van der Waals surface area contributed by atoms with Crippen molar-refractivity contribution in [1.29, 1.82) is 0 Å². The van der Waals surface area contributed by atoms with E-state index in [1.165, 1.54) is 22.4 Å². The largest absolute Gasteiger partial charge is 0.313 e. The minimum Gasteiger partial charge on any atom is -0.313 e. The third-order valence-corrected chi connectivity index (χ3v) is 4.68. The fourth-order valence-electron chi connectivity index (χ4n) is 1.96. The number of benzene rings is 2. The second kappa shape index (κ2) is 8.50. The van der Waals surface area contributed by atoms with Crippen molar-refractivity contribution in [3.8, 4) is 0 Å². The molecule has 20 heavy (non-hydrogen) atoms. The van der Waals surface area contributed by atoms with Crippen LogP contribution in [0.15, 0.2) is 57.9 Å². The average molecular weight is 350 g/mol. The van der Waals surface area contributed by atoms with Crippen LogP contribution in [0.2, 0.25) is 0 Å². The first-order chi connectivity index (χ1) is 9.79. The van der Waals surface area contributed by atoms with Crippen LogP contribution in [0, 0.1) is 0 Å². The predicted molar refractivity (Wildman–Crippen MR) is 92.1 cm³/mol. The van der Waals surface area contributed by atoms with Crippen molar-refractivity contribution in [2.45, 2.75) is 30.5 Å². The fraction of sp³-hybridized carbons (Fsp3) is 0.294. The molecule has 0 saturated carbocycles. The quantitative estimate of drug-likeness (QED) is 0.541. The third kappa shape index (κ3) is 4.97. The van der Waals surface area contributed by atoms with E-state index in [2.05, 4.69) is 76.7 Å². The van der Waals surface area contributed by atoms with Crippen LogP contribution in [0.4, 0.5) is 0 Å². The minimum atomic E-state index is 0.935. The normalized spacial score (nSPS) is 10.7. The molecule has 2 rings (SSSR count). The Bertz CT molecular complexity index is 528. The van der Waals surface area contributed by atoms with Gasteiger partial charge in [0, 0.05) is 21.7 Å². The summed E-state index contributed by atoms with van der Waals surface area (Å²) in [5.41, 5.74) is 2.74. The zero-order chi connectivity index (χ0) is 14.2. The molecule has 2 aromatic carbocycles. The summed E-state index contributed by atoms with van der Waals surface area (Å²) in [6, 6.07) is 17.2. The van der Waals surface area contributed by atoms with Crippen LogP contribution in [-0.2, 0) is 12.3 Å². The molecule has 0 aromatic heterocycles. The summed E-state index contributed by atoms with van der Waals surface area (Å²) in [6.07, 6.45) is 1.17. The monoisotopic (exact) mass is 349 g/mol. The van der Waals surface area contributed by atoms with Crippen LogP contribution in [-0.4, -0.2) is 6.54 Å². The van der Waals surface area contributed by atoms with E-state index in [4.69, 9.17) is 0 Å². The molecule has 0 aliphatic heterocycles. The molecule has 0 aliphatic carbocycles. The molecule has 0 amide bonds. The highest BCUT2D eigenvalue weighted by molar-refractivity contribution is 9.10. The highest BCUT2D eigenvalue weighted by Gasteiger charge is 2.04. The van der Waals surface area contributed by atoms with Gasteiger partial charge in [0.1, 0.15) is 0 Å². The van der Waals surface area contributed by atoms with Gasteiger partial charge in [0.15, 0.2) is 0 Å². The van der Waals surface area contributed by atoms with Crippen LogP contribution in [0.25, 0.3) is 0 Å². The van der Waals surface area contributed by atoms with Crippen molar-refractivity contribution < 1.29 is 0 Å². The molecular formula is C17H20BrNS. The lowest BCUT2D eigenvalue weighted by atomic mass is 10.2. The summed E-state index contributed by atoms with van der Waals surface area (Å²) in [5, 5.41) is 3.48. The molecule has 0 fully saturated rings. The number of thioether (sulfide) groups is 1. The van der Waals surface area contributed by atoms with Crippen molar-refractivity contribution >= 4 is 27.7 Å². The number of hydrogen-bond acceptors (Lipinski definition) is 2. The van der Waals surface area contributed by atoms with Gasteiger partial charge in [-0.2, -0.15) is 0 Å². The van der Waals surface area contributed by atoms with Crippen LogP contribution in [0.5, 0.6) is 0 Å². The second-order valence-electron chi connectivity index (χ2n) is 4.70. The Labute approximate surface area is 134 Å². The zero-order valence-corrected chi connectivity index (χ0v) is 14.1. The molecule has 0 atom stereocenters. The molecule has 0 heterocycles. The van der Waals surface area contributed by atoms with Gasteiger partial charge in [-0.05, 0) is 42.3 Å². The van der Waals surface area contributed by atoms with E-state index >= 15 is 0 Å². The second-order valence-corrected chi connectivity index (χ2v) is 6.64. The fourth-order valence-corrected chi connectivity index (χ4v) is 3.37. The molecule has 2 aromatic rings. The summed E-state index contributed by atoms with van der Waals surface area (Å²) < 4.78 is 1.15. The van der Waals surface area contributed by atoms with Crippen molar-refractivity contribution in [3.05, 3.63) is 64.1 Å². The first-order valence-electron chi connectivity index (χ1n) is 6.95. The van der Waals surface area contributed by atoms with Gasteiger partial charge in [-0.3, -0.25) is 0 Å². The van der Waals surface area contributed by atoms with E-state index in [-0.39, 0.29) is 0 Å². The highest BCUT2D eigenvalue weighted by atomic mass is 79.9. The Morgan fingerprint density at radius 3 is 2.65 bits per heavy atom. The topological polar surface area (TPSA) is 12.0 Å². The van der Waals surface area contributed by atoms with E-state index < -0.39 is 0 Å². The maximum Gasteiger partial charge on any atom is 0.0232 e. The van der Waals surface area contributed by atoms with Crippen molar-refractivity contribution in [3.63, 3.8) is 0 Å². The molecule has 106 valence electrons. The van der Waals surface area contributed by atoms with Gasteiger partial charge >= 0.3 is 0 Å². The summed E-state index contributed by atoms with van der Waals surface area (Å²) in [7, 11) is 0. The van der Waals surface area contributed by atoms with Crippen molar-refractivity contribution in [2.75, 3.05) is 6.54 Å². The molecule has 0 aliphatic rings. The summed E-state index contributed by atoms with van der Waals surface area (Å²) in [6.45, 7) is 4.19. The van der Waals surface area contributed by atoms with Crippen LogP contribution >= 0.6 is 27.7 Å². The van der Waals surface area contributed by atoms with Gasteiger partial charge < -0.3 is 5.32 Å². The number of halogens is 1. The SMILES string of the molecule is CCCNCc1cc(Br)ccc1SCc1ccccc1. The molecule has 0 spiro atoms. The standard InChI is InChI=1S/C17H20BrNS/c1-2-10-19-12-15-11-16(18)8-9-17(15)20-13-14-6-4-3-5-7-14/h3-9,11,19H,2,10,12-13H2,1H3. The van der Waals surface area contributed by atoms with Gasteiger partial charge in [0.05, 0.1) is 0 Å². The first-order valence-corrected chi connectivity index (χ1v) is 8.73. The van der Waals surface area contributed by atoms with Gasteiger partial charge in [-0.15, -0.1) is 11.8 Å². The molecule has 3 heteroatoms. The maximum absolute atomic E-state index is 3.56. The maximum atomic E-state index is 3.56. The lowest BCUT2D eigenvalue weighted by Crippen LogP contribution is -2.14. The van der Waals surface area contributed by atoms with Crippen molar-refractivity contribution in [2.24, 2.45) is 0 Å². The van der Waals surface area contributed by atoms with E-state index in [9.17, 15) is 0 Å². The number of rotatable bonds is 7. The van der Waals surface area contributed by atoms with Gasteiger partial charge in [0.2, 0.25) is 0 Å². The van der Waals surface area contributed by atoms with Gasteiger partial charge in [0.25, 0.3) is 0 Å². The summed E-state index contributed by atoms with van der Waals surface area (Å²) in [4.78, 5) is 1.36. The Morgan fingerprint density at radius 1 is 1.10 bits per heavy atom. The van der Waals surface area contributed by atoms with E-state index in [1.54, 1.807) is 0 Å². The summed E-state index contributed by atoms with van der Waals surface area (Å²) >= 11 is 5.47. The molecule has 0 unspecified atom stereocenters. The average Bonchev–Trinajstić information content (AvgIpc) is 2.48. The third-order valence-electron chi connectivity index (χ3n) is 3.00. The lowest BCUT2D eigenvalue weighted by molar-refractivity contribution is 0.669.